The molecule has 0 spiro atoms. The summed E-state index contributed by atoms with van der Waals surface area (Å²) in [6, 6.07) is 0.425. The summed E-state index contributed by atoms with van der Waals surface area (Å²) in [5, 5.41) is 3.23. The molecular weight excluding hydrogens is 222 g/mol. The first kappa shape index (κ1) is 13.7. The van der Waals surface area contributed by atoms with Gasteiger partial charge in [-0.15, -0.1) is 6.58 Å². The van der Waals surface area contributed by atoms with Crippen LogP contribution in [0.3, 0.4) is 0 Å². The summed E-state index contributed by atoms with van der Waals surface area (Å²) >= 11 is 0. The number of sulfone groups is 1. The highest BCUT2D eigenvalue weighted by Gasteiger charge is 2.31. The predicted octanol–water partition coefficient (Wildman–Crippen LogP) is 1.90. The highest BCUT2D eigenvalue weighted by atomic mass is 32.2. The van der Waals surface area contributed by atoms with Crippen LogP contribution in [0.4, 0.5) is 0 Å². The van der Waals surface area contributed by atoms with Crippen molar-refractivity contribution in [2.24, 2.45) is 0 Å². The van der Waals surface area contributed by atoms with Crippen LogP contribution in [-0.2, 0) is 9.84 Å². The van der Waals surface area contributed by atoms with E-state index in [2.05, 4.69) is 18.8 Å². The Morgan fingerprint density at radius 1 is 1.56 bits per heavy atom. The van der Waals surface area contributed by atoms with Crippen molar-refractivity contribution in [1.29, 1.82) is 0 Å². The molecule has 1 N–H and O–H groups in total. The molecule has 2 unspecified atom stereocenters. The molecule has 0 aromatic carbocycles. The Hall–Kier alpha value is -0.350. The fourth-order valence-corrected chi connectivity index (χ4v) is 3.93. The molecule has 0 amide bonds. The molecule has 0 radical (unpaired) electrons. The van der Waals surface area contributed by atoms with Gasteiger partial charge in [0.25, 0.3) is 0 Å². The molecule has 0 bridgehead atoms. The van der Waals surface area contributed by atoms with Crippen LogP contribution in [-0.4, -0.2) is 32.0 Å². The quantitative estimate of drug-likeness (QED) is 0.697. The van der Waals surface area contributed by atoms with Gasteiger partial charge in [0.2, 0.25) is 0 Å². The Kier molecular flexibility index (Phi) is 5.49. The van der Waals surface area contributed by atoms with Gasteiger partial charge in [0.1, 0.15) is 0 Å². The average Bonchev–Trinajstić information content (AvgIpc) is 2.58. The van der Waals surface area contributed by atoms with E-state index in [0.29, 0.717) is 18.3 Å². The van der Waals surface area contributed by atoms with Gasteiger partial charge in [-0.2, -0.15) is 0 Å². The van der Waals surface area contributed by atoms with E-state index in [-0.39, 0.29) is 5.25 Å². The van der Waals surface area contributed by atoms with Crippen LogP contribution >= 0.6 is 0 Å². The topological polar surface area (TPSA) is 46.2 Å². The zero-order valence-corrected chi connectivity index (χ0v) is 10.9. The zero-order valence-electron chi connectivity index (χ0n) is 10.1. The van der Waals surface area contributed by atoms with Gasteiger partial charge in [-0.25, -0.2) is 8.42 Å². The van der Waals surface area contributed by atoms with Gasteiger partial charge >= 0.3 is 0 Å². The predicted molar refractivity (Wildman–Crippen MR) is 68.3 cm³/mol. The normalized spacial score (nSPS) is 25.4. The van der Waals surface area contributed by atoms with Gasteiger partial charge in [0.05, 0.1) is 11.0 Å². The van der Waals surface area contributed by atoms with Crippen molar-refractivity contribution in [3.05, 3.63) is 12.7 Å². The van der Waals surface area contributed by atoms with Gasteiger partial charge < -0.3 is 5.32 Å². The molecule has 1 aliphatic heterocycles. The van der Waals surface area contributed by atoms with E-state index >= 15 is 0 Å². The van der Waals surface area contributed by atoms with Crippen LogP contribution < -0.4 is 5.32 Å². The van der Waals surface area contributed by atoms with Gasteiger partial charge in [-0.1, -0.05) is 13.0 Å². The standard InChI is InChI=1S/C12H23NO2S/c1-3-5-7-11(4-2)13-10-12-8-6-9-16(12,14)15/h3,11-13H,1,4-10H2,2H3. The zero-order chi connectivity index (χ0) is 12.0. The summed E-state index contributed by atoms with van der Waals surface area (Å²) in [6.07, 6.45) is 6.65. The molecular formula is C12H23NO2S. The lowest BCUT2D eigenvalue weighted by molar-refractivity contribution is 0.463. The summed E-state index contributed by atoms with van der Waals surface area (Å²) < 4.78 is 23.2. The number of allylic oxidation sites excluding steroid dienone is 1. The number of nitrogens with one attached hydrogen (secondary N) is 1. The minimum Gasteiger partial charge on any atom is -0.313 e. The summed E-state index contributed by atoms with van der Waals surface area (Å²) in [5.74, 6) is 0.378. The van der Waals surface area contributed by atoms with Crippen LogP contribution in [0.15, 0.2) is 12.7 Å². The maximum absolute atomic E-state index is 11.6. The first-order chi connectivity index (χ1) is 7.60. The molecule has 0 saturated carbocycles. The van der Waals surface area contributed by atoms with Gasteiger partial charge in [-0.3, -0.25) is 0 Å². The highest BCUT2D eigenvalue weighted by Crippen LogP contribution is 2.19. The van der Waals surface area contributed by atoms with E-state index in [9.17, 15) is 8.42 Å². The second-order valence-electron chi connectivity index (χ2n) is 4.51. The molecule has 2 atom stereocenters. The minimum absolute atomic E-state index is 0.148. The second kappa shape index (κ2) is 6.40. The Morgan fingerprint density at radius 3 is 2.81 bits per heavy atom. The summed E-state index contributed by atoms with van der Waals surface area (Å²) in [7, 11) is -2.79. The molecule has 0 aromatic heterocycles. The third-order valence-corrected chi connectivity index (χ3v) is 5.58. The lowest BCUT2D eigenvalue weighted by Crippen LogP contribution is -2.37. The van der Waals surface area contributed by atoms with Crippen molar-refractivity contribution in [2.45, 2.75) is 50.3 Å². The largest absolute Gasteiger partial charge is 0.313 e. The van der Waals surface area contributed by atoms with Crippen LogP contribution in [0.25, 0.3) is 0 Å². The lowest BCUT2D eigenvalue weighted by Gasteiger charge is -2.18. The van der Waals surface area contributed by atoms with Crippen molar-refractivity contribution in [3.63, 3.8) is 0 Å². The number of hydrogen-bond donors (Lipinski definition) is 1. The molecule has 1 fully saturated rings. The third kappa shape index (κ3) is 3.91. The average molecular weight is 245 g/mol. The highest BCUT2D eigenvalue weighted by molar-refractivity contribution is 7.92. The summed E-state index contributed by atoms with van der Waals surface area (Å²) in [6.45, 7) is 6.46. The Bertz CT molecular complexity index is 311. The molecule has 0 aliphatic carbocycles. The third-order valence-electron chi connectivity index (χ3n) is 3.31. The number of rotatable bonds is 7. The van der Waals surface area contributed by atoms with Gasteiger partial charge in [-0.05, 0) is 32.1 Å². The maximum atomic E-state index is 11.6. The fraction of sp³-hybridized carbons (Fsp3) is 0.833. The van der Waals surface area contributed by atoms with Gasteiger partial charge in [0.15, 0.2) is 9.84 Å². The molecule has 1 saturated heterocycles. The summed E-state index contributed by atoms with van der Waals surface area (Å²) in [4.78, 5) is 0. The van der Waals surface area contributed by atoms with Crippen LogP contribution in [0, 0.1) is 0 Å². The van der Waals surface area contributed by atoms with Crippen molar-refractivity contribution < 1.29 is 8.42 Å². The van der Waals surface area contributed by atoms with E-state index < -0.39 is 9.84 Å². The second-order valence-corrected chi connectivity index (χ2v) is 6.91. The minimum atomic E-state index is -2.79. The first-order valence-corrected chi connectivity index (χ1v) is 7.87. The maximum Gasteiger partial charge on any atom is 0.154 e. The van der Waals surface area contributed by atoms with Crippen LogP contribution in [0.5, 0.6) is 0 Å². The van der Waals surface area contributed by atoms with E-state index in [1.807, 2.05) is 6.08 Å². The van der Waals surface area contributed by atoms with E-state index in [4.69, 9.17) is 0 Å². The monoisotopic (exact) mass is 245 g/mol. The Morgan fingerprint density at radius 2 is 2.31 bits per heavy atom. The molecule has 4 heteroatoms. The van der Waals surface area contributed by atoms with Crippen LogP contribution in [0.1, 0.15) is 39.0 Å². The smallest absolute Gasteiger partial charge is 0.154 e. The van der Waals surface area contributed by atoms with Crippen molar-refractivity contribution >= 4 is 9.84 Å². The molecule has 16 heavy (non-hydrogen) atoms. The molecule has 1 rings (SSSR count). The fourth-order valence-electron chi connectivity index (χ4n) is 2.16. The van der Waals surface area contributed by atoms with Crippen molar-refractivity contribution in [3.8, 4) is 0 Å². The Balaban J connectivity index is 2.34. The molecule has 1 heterocycles. The number of hydrogen-bond acceptors (Lipinski definition) is 3. The summed E-state index contributed by atoms with van der Waals surface area (Å²) in [5.41, 5.74) is 0. The molecule has 0 aromatic rings. The van der Waals surface area contributed by atoms with Crippen LogP contribution in [0.2, 0.25) is 0 Å². The molecule has 94 valence electrons. The first-order valence-electron chi connectivity index (χ1n) is 6.16. The van der Waals surface area contributed by atoms with E-state index in [1.165, 1.54) is 0 Å². The molecule has 3 nitrogen and oxygen atoms in total. The SMILES string of the molecule is C=CCCC(CC)NCC1CCCS1(=O)=O. The Labute approximate surface area is 99.2 Å². The van der Waals surface area contributed by atoms with Crippen molar-refractivity contribution in [1.82, 2.24) is 5.32 Å². The van der Waals surface area contributed by atoms with Crippen molar-refractivity contribution in [2.75, 3.05) is 12.3 Å². The van der Waals surface area contributed by atoms with E-state index in [0.717, 1.165) is 32.1 Å². The van der Waals surface area contributed by atoms with Gasteiger partial charge in [0, 0.05) is 12.6 Å². The van der Waals surface area contributed by atoms with E-state index in [1.54, 1.807) is 0 Å². The molecule has 1 aliphatic rings. The lowest BCUT2D eigenvalue weighted by atomic mass is 10.1.